The Morgan fingerprint density at radius 2 is 1.83 bits per heavy atom. The van der Waals surface area contributed by atoms with Gasteiger partial charge in [0, 0.05) is 41.9 Å². The van der Waals surface area contributed by atoms with Gasteiger partial charge in [-0.2, -0.15) is 0 Å². The molecule has 0 spiro atoms. The molecule has 4 aliphatic rings. The molecule has 0 saturated heterocycles. The Morgan fingerprint density at radius 1 is 1.10 bits per heavy atom. The number of rotatable bonds is 1. The van der Waals surface area contributed by atoms with Crippen molar-refractivity contribution in [2.45, 2.75) is 58.9 Å². The maximum atomic E-state index is 13.5. The molecule has 1 aromatic heterocycles. The lowest BCUT2D eigenvalue weighted by atomic mass is 9.48. The van der Waals surface area contributed by atoms with Gasteiger partial charge in [0.1, 0.15) is 5.82 Å². The van der Waals surface area contributed by atoms with Crippen LogP contribution in [-0.4, -0.2) is 39.6 Å². The third kappa shape index (κ3) is 2.67. The van der Waals surface area contributed by atoms with Crippen molar-refractivity contribution in [3.05, 3.63) is 41.5 Å². The van der Waals surface area contributed by atoms with Crippen LogP contribution in [0.3, 0.4) is 0 Å². The molecule has 5 rings (SSSR count). The molecule has 158 valence electrons. The van der Waals surface area contributed by atoms with E-state index in [9.17, 15) is 9.59 Å². The predicted octanol–water partition coefficient (Wildman–Crippen LogP) is 3.99. The van der Waals surface area contributed by atoms with Gasteiger partial charge in [-0.1, -0.05) is 19.9 Å². The van der Waals surface area contributed by atoms with Crippen LogP contribution in [0.1, 0.15) is 57.3 Å². The summed E-state index contributed by atoms with van der Waals surface area (Å²) in [5.41, 5.74) is 1.60. The van der Waals surface area contributed by atoms with Gasteiger partial charge in [-0.15, -0.1) is 0 Å². The summed E-state index contributed by atoms with van der Waals surface area (Å²) in [6, 6.07) is 0.275. The van der Waals surface area contributed by atoms with Gasteiger partial charge in [-0.3, -0.25) is 9.59 Å². The molecule has 1 aliphatic heterocycles. The van der Waals surface area contributed by atoms with Gasteiger partial charge in [-0.05, 0) is 74.5 Å². The normalized spacial score (nSPS) is 41.6. The summed E-state index contributed by atoms with van der Waals surface area (Å²) in [6.07, 6.45) is 14.6. The van der Waals surface area contributed by atoms with E-state index >= 15 is 0 Å². The van der Waals surface area contributed by atoms with E-state index in [1.54, 1.807) is 6.08 Å². The number of carbonyl (C=O) groups is 2. The average molecular weight is 406 g/mol. The molecule has 1 amide bonds. The largest absolute Gasteiger partial charge is 0.338 e. The van der Waals surface area contributed by atoms with Crippen LogP contribution in [0.15, 0.2) is 30.1 Å². The first kappa shape index (κ1) is 19.7. The minimum Gasteiger partial charge on any atom is -0.338 e. The lowest BCUT2D eigenvalue weighted by Crippen LogP contribution is -2.59. The molecule has 5 nitrogen and oxygen atoms in total. The van der Waals surface area contributed by atoms with E-state index in [1.807, 2.05) is 37.3 Å². The summed E-state index contributed by atoms with van der Waals surface area (Å²) in [5.74, 6) is 2.63. The zero-order valence-electron chi connectivity index (χ0n) is 18.4. The number of amides is 1. The fraction of sp³-hybridized carbons (Fsp3) is 0.600. The Labute approximate surface area is 178 Å². The summed E-state index contributed by atoms with van der Waals surface area (Å²) in [6.45, 7) is 6.41. The Balaban J connectivity index is 1.48. The third-order valence-electron chi connectivity index (χ3n) is 8.91. The zero-order chi connectivity index (χ0) is 21.3. The van der Waals surface area contributed by atoms with Crippen LogP contribution in [0.25, 0.3) is 6.08 Å². The van der Waals surface area contributed by atoms with Crippen molar-refractivity contribution in [3.63, 3.8) is 0 Å². The number of hydrogen-bond donors (Lipinski definition) is 0. The fourth-order valence-corrected chi connectivity index (χ4v) is 7.22. The molecule has 0 N–H and O–H groups in total. The molecular weight excluding hydrogens is 374 g/mol. The second-order valence-corrected chi connectivity index (χ2v) is 10.3. The topological polar surface area (TPSA) is 63.2 Å². The van der Waals surface area contributed by atoms with E-state index in [-0.39, 0.29) is 22.8 Å². The number of carbonyl (C=O) groups excluding carboxylic acids is 2. The summed E-state index contributed by atoms with van der Waals surface area (Å²) < 4.78 is 0. The van der Waals surface area contributed by atoms with Crippen LogP contribution in [0.4, 0.5) is 0 Å². The van der Waals surface area contributed by atoms with Crippen molar-refractivity contribution >= 4 is 17.8 Å². The first-order valence-corrected chi connectivity index (χ1v) is 11.2. The number of ketones is 1. The van der Waals surface area contributed by atoms with E-state index in [0.29, 0.717) is 23.5 Å². The van der Waals surface area contributed by atoms with Gasteiger partial charge in [-0.25, -0.2) is 9.97 Å². The summed E-state index contributed by atoms with van der Waals surface area (Å²) in [4.78, 5) is 36.2. The lowest BCUT2D eigenvalue weighted by Gasteiger charge is -2.59. The van der Waals surface area contributed by atoms with Crippen molar-refractivity contribution in [2.75, 3.05) is 7.05 Å². The molecule has 3 saturated carbocycles. The Bertz CT molecular complexity index is 965. The molecule has 2 heterocycles. The average Bonchev–Trinajstić information content (AvgIpc) is 2.98. The standard InChI is InChI=1S/C25H31N3O2/c1-15-26-13-16(14-27-15)11-17-12-20-18-5-6-21-24(2,10-8-22(29)28(21)4)19(18)7-9-25(20,3)23(17)30/h8,10-11,13-14,18-21H,5-7,9,12H2,1-4H3/b17-11+/t18-,19+,20+,21-,24-,25+/m1/s1. The van der Waals surface area contributed by atoms with E-state index in [4.69, 9.17) is 0 Å². The number of aromatic nitrogens is 2. The Morgan fingerprint density at radius 3 is 2.57 bits per heavy atom. The minimum atomic E-state index is -0.262. The van der Waals surface area contributed by atoms with Crippen molar-refractivity contribution in [1.29, 1.82) is 0 Å². The summed E-state index contributed by atoms with van der Waals surface area (Å²) in [5, 5.41) is 0. The lowest BCUT2D eigenvalue weighted by molar-refractivity contribution is -0.141. The van der Waals surface area contributed by atoms with E-state index in [1.165, 1.54) is 0 Å². The first-order valence-electron chi connectivity index (χ1n) is 11.2. The number of fused-ring (bicyclic) bond motifs is 5. The van der Waals surface area contributed by atoms with Gasteiger partial charge < -0.3 is 4.90 Å². The Kier molecular flexibility index (Phi) is 4.32. The van der Waals surface area contributed by atoms with Gasteiger partial charge in [0.05, 0.1) is 0 Å². The molecule has 0 aromatic carbocycles. The number of Topliss-reactive ketones (excluding diaryl/α,β-unsaturated/α-hetero) is 1. The van der Waals surface area contributed by atoms with Crippen molar-refractivity contribution in [1.82, 2.24) is 14.9 Å². The maximum Gasteiger partial charge on any atom is 0.246 e. The summed E-state index contributed by atoms with van der Waals surface area (Å²) >= 11 is 0. The van der Waals surface area contributed by atoms with Crippen LogP contribution < -0.4 is 0 Å². The van der Waals surface area contributed by atoms with Gasteiger partial charge in [0.25, 0.3) is 0 Å². The van der Waals surface area contributed by atoms with Gasteiger partial charge >= 0.3 is 0 Å². The van der Waals surface area contributed by atoms with Gasteiger partial charge in [0.2, 0.25) is 5.91 Å². The molecule has 30 heavy (non-hydrogen) atoms. The minimum absolute atomic E-state index is 0.00716. The first-order chi connectivity index (χ1) is 14.2. The van der Waals surface area contributed by atoms with Crippen LogP contribution >= 0.6 is 0 Å². The van der Waals surface area contributed by atoms with Crippen LogP contribution in [0, 0.1) is 35.5 Å². The van der Waals surface area contributed by atoms with Gasteiger partial charge in [0.15, 0.2) is 5.78 Å². The second kappa shape index (κ2) is 6.60. The second-order valence-electron chi connectivity index (χ2n) is 10.3. The molecule has 5 heteroatoms. The highest BCUT2D eigenvalue weighted by atomic mass is 16.2. The molecular formula is C25H31N3O2. The quantitative estimate of drug-likeness (QED) is 0.663. The van der Waals surface area contributed by atoms with Crippen LogP contribution in [-0.2, 0) is 9.59 Å². The van der Waals surface area contributed by atoms with Crippen molar-refractivity contribution in [3.8, 4) is 0 Å². The predicted molar refractivity (Wildman–Crippen MR) is 115 cm³/mol. The molecule has 1 aromatic rings. The highest BCUT2D eigenvalue weighted by Crippen LogP contribution is 2.63. The highest BCUT2D eigenvalue weighted by molar-refractivity contribution is 6.05. The monoisotopic (exact) mass is 405 g/mol. The summed E-state index contributed by atoms with van der Waals surface area (Å²) in [7, 11) is 1.95. The smallest absolute Gasteiger partial charge is 0.246 e. The number of likely N-dealkylation sites (N-methyl/N-ethyl adjacent to an activating group) is 1. The Hall–Kier alpha value is -2.30. The molecule has 0 unspecified atom stereocenters. The third-order valence-corrected chi connectivity index (χ3v) is 8.91. The highest BCUT2D eigenvalue weighted by Gasteiger charge is 2.61. The van der Waals surface area contributed by atoms with Crippen molar-refractivity contribution in [2.24, 2.45) is 28.6 Å². The molecule has 6 atom stereocenters. The molecule has 3 fully saturated rings. The van der Waals surface area contributed by atoms with Crippen molar-refractivity contribution < 1.29 is 9.59 Å². The van der Waals surface area contributed by atoms with Crippen LogP contribution in [0.2, 0.25) is 0 Å². The van der Waals surface area contributed by atoms with E-state index in [2.05, 4.69) is 29.9 Å². The maximum absolute atomic E-state index is 13.5. The number of aryl methyl sites for hydroxylation is 1. The SMILES string of the molecule is Cc1ncc(/C=C2\C[C@H]3[C@@H]4CC[C@H]5N(C)C(=O)C=C[C@]5(C)[C@H]4CC[C@]3(C)C2=O)cn1. The molecule has 3 aliphatic carbocycles. The number of nitrogens with zero attached hydrogens (tertiary/aromatic N) is 3. The number of allylic oxidation sites excluding steroid dienone is 1. The number of hydrogen-bond acceptors (Lipinski definition) is 4. The van der Waals surface area contributed by atoms with Crippen LogP contribution in [0.5, 0.6) is 0 Å². The molecule has 0 bridgehead atoms. The zero-order valence-corrected chi connectivity index (χ0v) is 18.4. The van der Waals surface area contributed by atoms with E-state index in [0.717, 1.165) is 49.1 Å². The van der Waals surface area contributed by atoms with E-state index < -0.39 is 0 Å². The fourth-order valence-electron chi connectivity index (χ4n) is 7.22. The molecule has 0 radical (unpaired) electrons.